The van der Waals surface area contributed by atoms with Gasteiger partial charge in [0.15, 0.2) is 0 Å². The molecule has 0 bridgehead atoms. The molecule has 0 aliphatic heterocycles. The first-order valence-corrected chi connectivity index (χ1v) is 9.98. The van der Waals surface area contributed by atoms with Gasteiger partial charge in [-0.15, -0.1) is 0 Å². The van der Waals surface area contributed by atoms with Gasteiger partial charge < -0.3 is 10.6 Å². The third-order valence-electron chi connectivity index (χ3n) is 4.69. The number of carbonyl (C=O) groups is 2. The molecule has 0 spiro atoms. The van der Waals surface area contributed by atoms with E-state index in [1.165, 1.54) is 5.56 Å². The van der Waals surface area contributed by atoms with Gasteiger partial charge in [-0.2, -0.15) is 0 Å². The summed E-state index contributed by atoms with van der Waals surface area (Å²) in [6.07, 6.45) is 0.614. The Labute approximate surface area is 168 Å². The molecule has 150 valence electrons. The van der Waals surface area contributed by atoms with Crippen molar-refractivity contribution in [3.8, 4) is 0 Å². The number of hydrogen-bond donors (Lipinski definition) is 2. The first-order valence-electron chi connectivity index (χ1n) is 9.98. The Hall–Kier alpha value is -2.66. The molecule has 0 heterocycles. The smallest absolute Gasteiger partial charge is 0.224 e. The highest BCUT2D eigenvalue weighted by atomic mass is 16.2. The largest absolute Gasteiger partial charge is 0.355 e. The Morgan fingerprint density at radius 3 is 2.07 bits per heavy atom. The minimum absolute atomic E-state index is 0.0628. The van der Waals surface area contributed by atoms with Crippen LogP contribution in [0.15, 0.2) is 54.6 Å². The Balaban J connectivity index is 1.64. The molecular formula is C23H31N3O2. The Bertz CT molecular complexity index is 725. The summed E-state index contributed by atoms with van der Waals surface area (Å²) in [5, 5.41) is 5.70. The summed E-state index contributed by atoms with van der Waals surface area (Å²) < 4.78 is 0. The predicted octanol–water partition coefficient (Wildman–Crippen LogP) is 2.89. The van der Waals surface area contributed by atoms with Crippen molar-refractivity contribution < 1.29 is 9.59 Å². The average molecular weight is 382 g/mol. The fourth-order valence-electron chi connectivity index (χ4n) is 2.92. The van der Waals surface area contributed by atoms with Crippen LogP contribution in [-0.2, 0) is 29.1 Å². The molecule has 0 aliphatic carbocycles. The molecule has 0 fully saturated rings. The van der Waals surface area contributed by atoms with E-state index in [2.05, 4.69) is 53.6 Å². The highest BCUT2D eigenvalue weighted by molar-refractivity contribution is 5.80. The zero-order valence-electron chi connectivity index (χ0n) is 16.9. The molecule has 0 unspecified atom stereocenters. The quantitative estimate of drug-likeness (QED) is 0.629. The SMILES string of the molecule is CCN(CC)Cc1ccc(CNC(=O)CCNC(=O)Cc2ccccc2)cc1. The van der Waals surface area contributed by atoms with Crippen molar-refractivity contribution in [1.29, 1.82) is 0 Å². The summed E-state index contributed by atoms with van der Waals surface area (Å²) >= 11 is 0. The van der Waals surface area contributed by atoms with Gasteiger partial charge in [-0.25, -0.2) is 0 Å². The normalized spacial score (nSPS) is 10.7. The van der Waals surface area contributed by atoms with Crippen molar-refractivity contribution in [2.75, 3.05) is 19.6 Å². The summed E-state index contributed by atoms with van der Waals surface area (Å²) in [6, 6.07) is 17.9. The summed E-state index contributed by atoms with van der Waals surface area (Å²) in [5.41, 5.74) is 3.32. The summed E-state index contributed by atoms with van der Waals surface area (Å²) in [5.74, 6) is -0.130. The van der Waals surface area contributed by atoms with Crippen LogP contribution in [0.25, 0.3) is 0 Å². The lowest BCUT2D eigenvalue weighted by Crippen LogP contribution is -2.31. The van der Waals surface area contributed by atoms with E-state index in [0.717, 1.165) is 30.8 Å². The van der Waals surface area contributed by atoms with Gasteiger partial charge in [-0.3, -0.25) is 14.5 Å². The van der Waals surface area contributed by atoms with Gasteiger partial charge >= 0.3 is 0 Å². The molecule has 28 heavy (non-hydrogen) atoms. The first kappa shape index (κ1) is 21.6. The van der Waals surface area contributed by atoms with E-state index in [1.807, 2.05) is 30.3 Å². The Kier molecular flexibility index (Phi) is 9.22. The second-order valence-corrected chi connectivity index (χ2v) is 6.82. The molecule has 2 N–H and O–H groups in total. The van der Waals surface area contributed by atoms with Crippen molar-refractivity contribution in [1.82, 2.24) is 15.5 Å². The van der Waals surface area contributed by atoms with Gasteiger partial charge in [0, 0.05) is 26.1 Å². The van der Waals surface area contributed by atoms with Gasteiger partial charge in [0.2, 0.25) is 11.8 Å². The maximum atomic E-state index is 12.0. The number of rotatable bonds is 11. The number of nitrogens with zero attached hydrogens (tertiary/aromatic N) is 1. The van der Waals surface area contributed by atoms with E-state index >= 15 is 0 Å². The van der Waals surface area contributed by atoms with Crippen molar-refractivity contribution >= 4 is 11.8 Å². The summed E-state index contributed by atoms with van der Waals surface area (Å²) in [7, 11) is 0. The average Bonchev–Trinajstić information content (AvgIpc) is 2.72. The van der Waals surface area contributed by atoms with Gasteiger partial charge in [-0.1, -0.05) is 68.4 Å². The molecule has 0 saturated heterocycles. The minimum Gasteiger partial charge on any atom is -0.355 e. The van der Waals surface area contributed by atoms with Crippen LogP contribution < -0.4 is 10.6 Å². The monoisotopic (exact) mass is 381 g/mol. The highest BCUT2D eigenvalue weighted by Crippen LogP contribution is 2.07. The van der Waals surface area contributed by atoms with E-state index in [1.54, 1.807) is 0 Å². The van der Waals surface area contributed by atoms with Gasteiger partial charge in [0.05, 0.1) is 6.42 Å². The Morgan fingerprint density at radius 2 is 1.43 bits per heavy atom. The number of nitrogens with one attached hydrogen (secondary N) is 2. The summed E-state index contributed by atoms with van der Waals surface area (Å²) in [4.78, 5) is 26.2. The molecule has 5 heteroatoms. The van der Waals surface area contributed by atoms with Crippen LogP contribution in [0, 0.1) is 0 Å². The van der Waals surface area contributed by atoms with E-state index in [4.69, 9.17) is 0 Å². The van der Waals surface area contributed by atoms with Crippen molar-refractivity contribution in [3.05, 3.63) is 71.3 Å². The zero-order chi connectivity index (χ0) is 20.2. The van der Waals surface area contributed by atoms with Crippen LogP contribution >= 0.6 is 0 Å². The second-order valence-electron chi connectivity index (χ2n) is 6.82. The minimum atomic E-state index is -0.0669. The molecule has 0 saturated carbocycles. The second kappa shape index (κ2) is 11.9. The fraction of sp³-hybridized carbons (Fsp3) is 0.391. The molecule has 2 amide bonds. The number of benzene rings is 2. The van der Waals surface area contributed by atoms with Gasteiger partial charge in [-0.05, 0) is 29.8 Å². The topological polar surface area (TPSA) is 61.4 Å². The van der Waals surface area contributed by atoms with E-state index in [9.17, 15) is 9.59 Å². The maximum Gasteiger partial charge on any atom is 0.224 e. The molecule has 0 radical (unpaired) electrons. The first-order chi connectivity index (χ1) is 13.6. The molecule has 0 aromatic heterocycles. The predicted molar refractivity (Wildman–Crippen MR) is 113 cm³/mol. The van der Waals surface area contributed by atoms with Crippen LogP contribution in [0.5, 0.6) is 0 Å². The molecule has 2 rings (SSSR count). The van der Waals surface area contributed by atoms with Crippen LogP contribution in [0.2, 0.25) is 0 Å². The third kappa shape index (κ3) is 7.92. The molecular weight excluding hydrogens is 350 g/mol. The molecule has 0 aliphatic rings. The molecule has 0 atom stereocenters. The highest BCUT2D eigenvalue weighted by Gasteiger charge is 2.06. The van der Waals surface area contributed by atoms with Crippen LogP contribution in [-0.4, -0.2) is 36.3 Å². The Morgan fingerprint density at radius 1 is 0.786 bits per heavy atom. The van der Waals surface area contributed by atoms with Crippen molar-refractivity contribution in [2.45, 2.75) is 39.8 Å². The van der Waals surface area contributed by atoms with E-state index in [0.29, 0.717) is 19.5 Å². The number of amides is 2. The fourth-order valence-corrected chi connectivity index (χ4v) is 2.92. The van der Waals surface area contributed by atoms with E-state index in [-0.39, 0.29) is 18.2 Å². The van der Waals surface area contributed by atoms with Crippen molar-refractivity contribution in [2.24, 2.45) is 0 Å². The number of hydrogen-bond acceptors (Lipinski definition) is 3. The van der Waals surface area contributed by atoms with Gasteiger partial charge in [0.25, 0.3) is 0 Å². The lowest BCUT2D eigenvalue weighted by atomic mass is 10.1. The molecule has 5 nitrogen and oxygen atoms in total. The molecule has 2 aromatic carbocycles. The summed E-state index contributed by atoms with van der Waals surface area (Å²) in [6.45, 7) is 8.20. The number of carbonyl (C=O) groups excluding carboxylic acids is 2. The third-order valence-corrected chi connectivity index (χ3v) is 4.69. The van der Waals surface area contributed by atoms with Crippen molar-refractivity contribution in [3.63, 3.8) is 0 Å². The zero-order valence-corrected chi connectivity index (χ0v) is 16.9. The maximum absolute atomic E-state index is 12.0. The van der Waals surface area contributed by atoms with E-state index < -0.39 is 0 Å². The van der Waals surface area contributed by atoms with Crippen LogP contribution in [0.4, 0.5) is 0 Å². The standard InChI is InChI=1S/C23H31N3O2/c1-3-26(4-2)18-21-12-10-20(11-13-21)17-25-22(27)14-15-24-23(28)16-19-8-6-5-7-9-19/h5-13H,3-4,14-18H2,1-2H3,(H,24,28)(H,25,27). The van der Waals surface area contributed by atoms with Crippen LogP contribution in [0.1, 0.15) is 37.0 Å². The molecule has 2 aromatic rings. The lowest BCUT2D eigenvalue weighted by Gasteiger charge is -2.18. The van der Waals surface area contributed by atoms with Gasteiger partial charge in [0.1, 0.15) is 0 Å². The lowest BCUT2D eigenvalue weighted by molar-refractivity contribution is -0.122. The van der Waals surface area contributed by atoms with Crippen LogP contribution in [0.3, 0.4) is 0 Å².